The Morgan fingerprint density at radius 1 is 1.00 bits per heavy atom. The third-order valence-corrected chi connectivity index (χ3v) is 4.67. The largest absolute Gasteiger partial charge is 0.493 e. The van der Waals surface area contributed by atoms with Gasteiger partial charge in [0.25, 0.3) is 0 Å². The van der Waals surface area contributed by atoms with E-state index in [0.717, 1.165) is 50.1 Å². The van der Waals surface area contributed by atoms with Gasteiger partial charge in [-0.15, -0.1) is 0 Å². The van der Waals surface area contributed by atoms with Crippen LogP contribution in [0.2, 0.25) is 0 Å². The predicted octanol–water partition coefficient (Wildman–Crippen LogP) is 5.63. The van der Waals surface area contributed by atoms with Crippen molar-refractivity contribution in [2.24, 2.45) is 0 Å². The smallest absolute Gasteiger partial charge is 0.229 e. The molecular formula is C24H30N2O2. The first-order valence-electron chi connectivity index (χ1n) is 10.3. The fraction of sp³-hybridized carbons (Fsp3) is 0.375. The van der Waals surface area contributed by atoms with Crippen LogP contribution < -0.4 is 10.1 Å². The minimum absolute atomic E-state index is 0.608. The van der Waals surface area contributed by atoms with Crippen LogP contribution in [0.4, 0.5) is 0 Å². The molecule has 4 nitrogen and oxygen atoms in total. The van der Waals surface area contributed by atoms with Gasteiger partial charge in [0, 0.05) is 6.54 Å². The first kappa shape index (κ1) is 20.2. The van der Waals surface area contributed by atoms with Gasteiger partial charge in [-0.3, -0.25) is 0 Å². The Bertz CT molecular complexity index is 801. The summed E-state index contributed by atoms with van der Waals surface area (Å²) >= 11 is 0. The lowest BCUT2D eigenvalue weighted by molar-refractivity contribution is 0.305. The van der Waals surface area contributed by atoms with Gasteiger partial charge in [0.1, 0.15) is 12.0 Å². The summed E-state index contributed by atoms with van der Waals surface area (Å²) in [6.07, 6.45) is 8.90. The van der Waals surface area contributed by atoms with Crippen molar-refractivity contribution in [1.29, 1.82) is 0 Å². The summed E-state index contributed by atoms with van der Waals surface area (Å²) in [7, 11) is 0. The normalized spacial score (nSPS) is 10.9. The number of benzene rings is 2. The van der Waals surface area contributed by atoms with Crippen LogP contribution in [0.3, 0.4) is 0 Å². The molecule has 0 aliphatic rings. The van der Waals surface area contributed by atoms with Crippen molar-refractivity contribution in [3.05, 3.63) is 72.1 Å². The molecule has 3 aromatic rings. The second-order valence-corrected chi connectivity index (χ2v) is 6.99. The molecule has 1 N–H and O–H groups in total. The van der Waals surface area contributed by atoms with Crippen molar-refractivity contribution in [3.63, 3.8) is 0 Å². The van der Waals surface area contributed by atoms with Crippen molar-refractivity contribution < 1.29 is 9.15 Å². The molecule has 2 aromatic carbocycles. The third kappa shape index (κ3) is 6.24. The molecule has 0 aliphatic heterocycles. The van der Waals surface area contributed by atoms with E-state index in [1.807, 2.05) is 6.07 Å². The standard InChI is InChI=1S/C24H30N2O2/c1-2-14-25-19-21-12-13-23(22(18-21)24-26-15-17-28-24)27-16-8-4-7-11-20-9-5-3-6-10-20/h3,5-6,9-10,12-13,15,17-18,25H,2,4,7-8,11,14,16,19H2,1H3. The first-order chi connectivity index (χ1) is 13.9. The monoisotopic (exact) mass is 378 g/mol. The molecule has 4 heteroatoms. The average molecular weight is 379 g/mol. The number of nitrogens with one attached hydrogen (secondary N) is 1. The number of oxazole rings is 1. The highest BCUT2D eigenvalue weighted by atomic mass is 16.5. The predicted molar refractivity (Wildman–Crippen MR) is 113 cm³/mol. The van der Waals surface area contributed by atoms with Crippen LogP contribution in [0.5, 0.6) is 5.75 Å². The van der Waals surface area contributed by atoms with E-state index in [1.165, 1.54) is 17.5 Å². The highest BCUT2D eigenvalue weighted by Gasteiger charge is 2.12. The van der Waals surface area contributed by atoms with Gasteiger partial charge in [0.2, 0.25) is 5.89 Å². The Labute approximate surface area is 168 Å². The molecule has 0 saturated carbocycles. The summed E-state index contributed by atoms with van der Waals surface area (Å²) in [4.78, 5) is 4.31. The van der Waals surface area contributed by atoms with E-state index in [4.69, 9.17) is 9.15 Å². The molecule has 148 valence electrons. The van der Waals surface area contributed by atoms with Gasteiger partial charge in [0.15, 0.2) is 0 Å². The van der Waals surface area contributed by atoms with E-state index in [0.29, 0.717) is 12.5 Å². The van der Waals surface area contributed by atoms with Crippen molar-refractivity contribution in [3.8, 4) is 17.2 Å². The van der Waals surface area contributed by atoms with Gasteiger partial charge >= 0.3 is 0 Å². The quantitative estimate of drug-likeness (QED) is 0.415. The second kappa shape index (κ2) is 11.3. The summed E-state index contributed by atoms with van der Waals surface area (Å²) in [5, 5.41) is 3.43. The number of aryl methyl sites for hydroxylation is 1. The maximum Gasteiger partial charge on any atom is 0.229 e. The zero-order valence-corrected chi connectivity index (χ0v) is 16.7. The van der Waals surface area contributed by atoms with E-state index in [-0.39, 0.29) is 0 Å². The number of ether oxygens (including phenoxy) is 1. The molecule has 0 radical (unpaired) electrons. The fourth-order valence-corrected chi connectivity index (χ4v) is 3.18. The first-order valence-corrected chi connectivity index (χ1v) is 10.3. The molecule has 1 aromatic heterocycles. The summed E-state index contributed by atoms with van der Waals surface area (Å²) in [6, 6.07) is 16.9. The zero-order valence-electron chi connectivity index (χ0n) is 16.7. The molecule has 0 unspecified atom stereocenters. The van der Waals surface area contributed by atoms with Gasteiger partial charge in [-0.1, -0.05) is 43.3 Å². The highest BCUT2D eigenvalue weighted by Crippen LogP contribution is 2.30. The molecule has 1 heterocycles. The minimum atomic E-state index is 0.608. The van der Waals surface area contributed by atoms with Crippen molar-refractivity contribution >= 4 is 0 Å². The maximum atomic E-state index is 6.07. The average Bonchev–Trinajstić information content (AvgIpc) is 3.27. The van der Waals surface area contributed by atoms with Crippen molar-refractivity contribution in [2.75, 3.05) is 13.2 Å². The van der Waals surface area contributed by atoms with E-state index in [1.54, 1.807) is 12.5 Å². The van der Waals surface area contributed by atoms with E-state index in [9.17, 15) is 0 Å². The highest BCUT2D eigenvalue weighted by molar-refractivity contribution is 5.63. The van der Waals surface area contributed by atoms with Gasteiger partial charge in [-0.05, 0) is 61.9 Å². The van der Waals surface area contributed by atoms with Gasteiger partial charge < -0.3 is 14.5 Å². The van der Waals surface area contributed by atoms with Crippen LogP contribution >= 0.6 is 0 Å². The van der Waals surface area contributed by atoms with Gasteiger partial charge in [-0.25, -0.2) is 4.98 Å². The SMILES string of the molecule is CCCNCc1ccc(OCCCCCc2ccccc2)c(-c2ncco2)c1. The molecule has 0 atom stereocenters. The summed E-state index contributed by atoms with van der Waals surface area (Å²) in [5.41, 5.74) is 3.53. The molecule has 3 rings (SSSR count). The Kier molecular flexibility index (Phi) is 8.13. The van der Waals surface area contributed by atoms with Crippen LogP contribution in [-0.2, 0) is 13.0 Å². The summed E-state index contributed by atoms with van der Waals surface area (Å²) in [5.74, 6) is 1.45. The van der Waals surface area contributed by atoms with Crippen LogP contribution in [0, 0.1) is 0 Å². The molecule has 0 bridgehead atoms. The van der Waals surface area contributed by atoms with E-state index < -0.39 is 0 Å². The fourth-order valence-electron chi connectivity index (χ4n) is 3.18. The Balaban J connectivity index is 1.51. The van der Waals surface area contributed by atoms with Crippen LogP contribution in [0.25, 0.3) is 11.5 Å². The van der Waals surface area contributed by atoms with Gasteiger partial charge in [-0.2, -0.15) is 0 Å². The third-order valence-electron chi connectivity index (χ3n) is 4.67. The topological polar surface area (TPSA) is 47.3 Å². The Hall–Kier alpha value is -2.59. The number of hydrogen-bond acceptors (Lipinski definition) is 4. The van der Waals surface area contributed by atoms with E-state index >= 15 is 0 Å². The Morgan fingerprint density at radius 3 is 2.68 bits per heavy atom. The molecule has 0 amide bonds. The number of aromatic nitrogens is 1. The van der Waals surface area contributed by atoms with Crippen LogP contribution in [0.15, 0.2) is 65.4 Å². The number of rotatable bonds is 12. The maximum absolute atomic E-state index is 6.07. The number of unbranched alkanes of at least 4 members (excludes halogenated alkanes) is 2. The molecule has 0 spiro atoms. The van der Waals surface area contributed by atoms with Crippen molar-refractivity contribution in [1.82, 2.24) is 10.3 Å². The lowest BCUT2D eigenvalue weighted by Crippen LogP contribution is -2.13. The second-order valence-electron chi connectivity index (χ2n) is 6.99. The summed E-state index contributed by atoms with van der Waals surface area (Å²) in [6.45, 7) is 4.72. The molecule has 0 fully saturated rings. The zero-order chi connectivity index (χ0) is 19.4. The lowest BCUT2D eigenvalue weighted by atomic mass is 10.1. The van der Waals surface area contributed by atoms with Crippen LogP contribution in [0.1, 0.15) is 43.7 Å². The van der Waals surface area contributed by atoms with Crippen molar-refractivity contribution in [2.45, 2.75) is 45.6 Å². The van der Waals surface area contributed by atoms with E-state index in [2.05, 4.69) is 59.7 Å². The number of hydrogen-bond donors (Lipinski definition) is 1. The molecule has 0 aliphatic carbocycles. The summed E-state index contributed by atoms with van der Waals surface area (Å²) < 4.78 is 11.6. The van der Waals surface area contributed by atoms with Crippen LogP contribution in [-0.4, -0.2) is 18.1 Å². The lowest BCUT2D eigenvalue weighted by Gasteiger charge is -2.12. The molecule has 28 heavy (non-hydrogen) atoms. The molecular weight excluding hydrogens is 348 g/mol. The van der Waals surface area contributed by atoms with Gasteiger partial charge in [0.05, 0.1) is 18.4 Å². The molecule has 0 saturated heterocycles. The Morgan fingerprint density at radius 2 is 1.89 bits per heavy atom. The minimum Gasteiger partial charge on any atom is -0.493 e. The number of nitrogens with zero attached hydrogens (tertiary/aromatic N) is 1.